The van der Waals surface area contributed by atoms with E-state index in [0.29, 0.717) is 29.1 Å². The van der Waals surface area contributed by atoms with Crippen molar-refractivity contribution in [1.29, 1.82) is 0 Å². The number of aromatic amines is 1. The lowest BCUT2D eigenvalue weighted by atomic mass is 9.86. The lowest BCUT2D eigenvalue weighted by Gasteiger charge is -2.26. The Kier molecular flexibility index (Phi) is 3.57. The molecular weight excluding hydrogens is 274 g/mol. The molecule has 1 aromatic carbocycles. The van der Waals surface area contributed by atoms with Gasteiger partial charge in [0.25, 0.3) is 0 Å². The minimum Gasteiger partial charge on any atom is -0.491 e. The third-order valence-corrected chi connectivity index (χ3v) is 4.12. The fourth-order valence-electron chi connectivity index (χ4n) is 2.45. The Morgan fingerprint density at radius 1 is 1.40 bits per heavy atom. The first-order valence-corrected chi connectivity index (χ1v) is 7.25. The van der Waals surface area contributed by atoms with Gasteiger partial charge >= 0.3 is 0 Å². The lowest BCUT2D eigenvalue weighted by molar-refractivity contribution is 0.181. The third kappa shape index (κ3) is 2.48. The molecule has 0 saturated heterocycles. The van der Waals surface area contributed by atoms with E-state index in [4.69, 9.17) is 22.1 Å². The molecule has 0 atom stereocenters. The van der Waals surface area contributed by atoms with Gasteiger partial charge < -0.3 is 10.5 Å². The van der Waals surface area contributed by atoms with Gasteiger partial charge in [0.05, 0.1) is 17.8 Å². The van der Waals surface area contributed by atoms with E-state index in [1.165, 1.54) is 19.3 Å². The number of nitrogen functional groups attached to an aromatic ring is 1. The van der Waals surface area contributed by atoms with Crippen LogP contribution in [-0.4, -0.2) is 16.8 Å². The molecule has 106 valence electrons. The van der Waals surface area contributed by atoms with Gasteiger partial charge in [-0.15, -0.1) is 0 Å². The van der Waals surface area contributed by atoms with Crippen molar-refractivity contribution >= 4 is 17.4 Å². The second kappa shape index (κ2) is 5.37. The zero-order valence-electron chi connectivity index (χ0n) is 11.4. The number of rotatable bonds is 4. The van der Waals surface area contributed by atoms with Crippen molar-refractivity contribution in [2.45, 2.75) is 26.2 Å². The Morgan fingerprint density at radius 3 is 2.80 bits per heavy atom. The number of halogens is 1. The van der Waals surface area contributed by atoms with Gasteiger partial charge in [-0.25, -0.2) is 0 Å². The predicted octanol–water partition coefficient (Wildman–Crippen LogP) is 3.80. The summed E-state index contributed by atoms with van der Waals surface area (Å²) in [7, 11) is 0. The van der Waals surface area contributed by atoms with Crippen LogP contribution < -0.4 is 10.5 Å². The molecule has 5 heteroatoms. The molecule has 1 heterocycles. The van der Waals surface area contributed by atoms with Gasteiger partial charge in [-0.05, 0) is 43.4 Å². The molecule has 4 nitrogen and oxygen atoms in total. The molecule has 0 amide bonds. The number of ether oxygens (including phenoxy) is 1. The predicted molar refractivity (Wildman–Crippen MR) is 81.0 cm³/mol. The van der Waals surface area contributed by atoms with Gasteiger partial charge in [-0.1, -0.05) is 18.0 Å². The summed E-state index contributed by atoms with van der Waals surface area (Å²) in [6.07, 6.45) is 5.49. The minimum atomic E-state index is 0.528. The molecule has 3 rings (SSSR count). The van der Waals surface area contributed by atoms with Crippen LogP contribution in [-0.2, 0) is 0 Å². The summed E-state index contributed by atoms with van der Waals surface area (Å²) in [5, 5.41) is 7.35. The van der Waals surface area contributed by atoms with Crippen molar-refractivity contribution < 1.29 is 4.74 Å². The number of nitrogens with two attached hydrogens (primary N) is 1. The average Bonchev–Trinajstić information content (AvgIpc) is 2.75. The Labute approximate surface area is 123 Å². The number of H-pyrrole nitrogens is 1. The fourth-order valence-corrected chi connectivity index (χ4v) is 2.78. The van der Waals surface area contributed by atoms with Crippen LogP contribution in [0.2, 0.25) is 5.02 Å². The molecule has 0 spiro atoms. The first-order chi connectivity index (χ1) is 9.65. The fraction of sp³-hybridized carbons (Fsp3) is 0.400. The molecule has 20 heavy (non-hydrogen) atoms. The third-order valence-electron chi connectivity index (χ3n) is 3.84. The largest absolute Gasteiger partial charge is 0.491 e. The van der Waals surface area contributed by atoms with Crippen LogP contribution in [0, 0.1) is 12.8 Å². The number of nitrogens with zero attached hydrogens (tertiary/aromatic N) is 1. The Balaban J connectivity index is 1.95. The van der Waals surface area contributed by atoms with Crippen molar-refractivity contribution in [2.24, 2.45) is 5.92 Å². The zero-order chi connectivity index (χ0) is 14.1. The number of nitrogens with one attached hydrogen (secondary N) is 1. The number of benzene rings is 1. The quantitative estimate of drug-likeness (QED) is 0.900. The number of anilines is 1. The molecule has 0 bridgehead atoms. The van der Waals surface area contributed by atoms with Gasteiger partial charge in [0.1, 0.15) is 11.6 Å². The average molecular weight is 292 g/mol. The summed E-state index contributed by atoms with van der Waals surface area (Å²) in [5.41, 5.74) is 8.73. The van der Waals surface area contributed by atoms with Crippen molar-refractivity contribution in [2.75, 3.05) is 12.3 Å². The molecule has 1 fully saturated rings. The zero-order valence-corrected chi connectivity index (χ0v) is 12.2. The van der Waals surface area contributed by atoms with Crippen LogP contribution in [0.3, 0.4) is 0 Å². The Hall–Kier alpha value is -1.68. The Morgan fingerprint density at radius 2 is 2.20 bits per heavy atom. The SMILES string of the molecule is Cc1cc(Cl)c(OCC2CCC2)c(-c2cn[nH]c2N)c1. The highest BCUT2D eigenvalue weighted by atomic mass is 35.5. The number of hydrogen-bond acceptors (Lipinski definition) is 3. The van der Waals surface area contributed by atoms with Gasteiger partial charge in [-0.2, -0.15) is 5.10 Å². The van der Waals surface area contributed by atoms with E-state index < -0.39 is 0 Å². The van der Waals surface area contributed by atoms with Crippen molar-refractivity contribution in [3.63, 3.8) is 0 Å². The van der Waals surface area contributed by atoms with E-state index in [9.17, 15) is 0 Å². The number of hydrogen-bond donors (Lipinski definition) is 2. The second-order valence-electron chi connectivity index (χ2n) is 5.43. The van der Waals surface area contributed by atoms with E-state index in [-0.39, 0.29) is 0 Å². The van der Waals surface area contributed by atoms with Crippen molar-refractivity contribution in [3.8, 4) is 16.9 Å². The summed E-state index contributed by atoms with van der Waals surface area (Å²) in [6.45, 7) is 2.72. The molecule has 1 saturated carbocycles. The smallest absolute Gasteiger partial charge is 0.145 e. The maximum Gasteiger partial charge on any atom is 0.145 e. The van der Waals surface area contributed by atoms with Crippen molar-refractivity contribution in [1.82, 2.24) is 10.2 Å². The minimum absolute atomic E-state index is 0.528. The van der Waals surface area contributed by atoms with Gasteiger partial charge in [-0.3, -0.25) is 5.10 Å². The normalized spacial score (nSPS) is 15.1. The summed E-state index contributed by atoms with van der Waals surface area (Å²) < 4.78 is 5.98. The standard InChI is InChI=1S/C15H18ClN3O/c1-9-5-11(12-7-18-19-15(12)17)14(13(16)6-9)20-8-10-3-2-4-10/h5-7,10H,2-4,8H2,1H3,(H3,17,18,19). The van der Waals surface area contributed by atoms with E-state index in [1.54, 1.807) is 6.20 Å². The summed E-state index contributed by atoms with van der Waals surface area (Å²) in [6, 6.07) is 3.95. The molecule has 0 radical (unpaired) electrons. The maximum absolute atomic E-state index is 6.35. The van der Waals surface area contributed by atoms with E-state index in [2.05, 4.69) is 10.2 Å². The van der Waals surface area contributed by atoms with E-state index >= 15 is 0 Å². The monoisotopic (exact) mass is 291 g/mol. The molecule has 0 aliphatic heterocycles. The lowest BCUT2D eigenvalue weighted by Crippen LogP contribution is -2.19. The van der Waals surface area contributed by atoms with Crippen LogP contribution in [0.15, 0.2) is 18.3 Å². The van der Waals surface area contributed by atoms with Gasteiger partial charge in [0, 0.05) is 11.1 Å². The van der Waals surface area contributed by atoms with Crippen LogP contribution in [0.1, 0.15) is 24.8 Å². The van der Waals surface area contributed by atoms with Crippen LogP contribution in [0.4, 0.5) is 5.82 Å². The molecular formula is C15H18ClN3O. The second-order valence-corrected chi connectivity index (χ2v) is 5.84. The highest BCUT2D eigenvalue weighted by Crippen LogP contribution is 2.40. The Bertz CT molecular complexity index is 620. The molecule has 0 unspecified atom stereocenters. The molecule has 3 N–H and O–H groups in total. The molecule has 1 aliphatic rings. The highest BCUT2D eigenvalue weighted by Gasteiger charge is 2.21. The van der Waals surface area contributed by atoms with E-state index in [1.807, 2.05) is 19.1 Å². The van der Waals surface area contributed by atoms with E-state index in [0.717, 1.165) is 16.7 Å². The first-order valence-electron chi connectivity index (χ1n) is 6.87. The topological polar surface area (TPSA) is 63.9 Å². The van der Waals surface area contributed by atoms with Gasteiger partial charge in [0.15, 0.2) is 0 Å². The van der Waals surface area contributed by atoms with Crippen molar-refractivity contribution in [3.05, 3.63) is 28.9 Å². The number of aromatic nitrogens is 2. The molecule has 1 aromatic heterocycles. The maximum atomic E-state index is 6.35. The summed E-state index contributed by atoms with van der Waals surface area (Å²) in [5.74, 6) is 1.89. The number of aryl methyl sites for hydroxylation is 1. The summed E-state index contributed by atoms with van der Waals surface area (Å²) >= 11 is 6.35. The van der Waals surface area contributed by atoms with Crippen LogP contribution in [0.5, 0.6) is 5.75 Å². The summed E-state index contributed by atoms with van der Waals surface area (Å²) in [4.78, 5) is 0. The molecule has 1 aliphatic carbocycles. The van der Waals surface area contributed by atoms with Crippen LogP contribution >= 0.6 is 11.6 Å². The first kappa shape index (κ1) is 13.3. The molecule has 2 aromatic rings. The highest BCUT2D eigenvalue weighted by molar-refractivity contribution is 6.32. The van der Waals surface area contributed by atoms with Crippen LogP contribution in [0.25, 0.3) is 11.1 Å². The van der Waals surface area contributed by atoms with Gasteiger partial charge in [0.2, 0.25) is 0 Å².